The number of nitrogens with zero attached hydrogens (tertiary/aromatic N) is 1. The average Bonchev–Trinajstić information content (AvgIpc) is 2.01. The highest BCUT2D eigenvalue weighted by atomic mass is 16.2. The van der Waals surface area contributed by atoms with E-state index in [9.17, 15) is 4.79 Å². The number of carbonyl (C=O) groups excluding carboxylic acids is 1. The van der Waals surface area contributed by atoms with Crippen molar-refractivity contribution in [2.75, 3.05) is 13.1 Å². The van der Waals surface area contributed by atoms with E-state index in [0.717, 1.165) is 19.5 Å². The Balaban J connectivity index is 2.55. The maximum Gasteiger partial charge on any atom is 0.225 e. The van der Waals surface area contributed by atoms with Crippen molar-refractivity contribution in [3.05, 3.63) is 0 Å². The highest BCUT2D eigenvalue weighted by Gasteiger charge is 2.26. The monoisotopic (exact) mass is 184 g/mol. The summed E-state index contributed by atoms with van der Waals surface area (Å²) in [5.74, 6) is 0.881. The van der Waals surface area contributed by atoms with Gasteiger partial charge in [0.25, 0.3) is 0 Å². The second-order valence-electron chi connectivity index (χ2n) is 4.50. The molecule has 13 heavy (non-hydrogen) atoms. The number of nitrogens with two attached hydrogens (primary N) is 1. The highest BCUT2D eigenvalue weighted by molar-refractivity contribution is 5.78. The molecule has 76 valence electrons. The molecule has 3 nitrogen and oxygen atoms in total. The Kier molecular flexibility index (Phi) is 3.31. The minimum atomic E-state index is 0.0949. The van der Waals surface area contributed by atoms with Crippen LogP contribution in [0.1, 0.15) is 27.2 Å². The van der Waals surface area contributed by atoms with Crippen molar-refractivity contribution in [2.45, 2.75) is 33.2 Å². The molecule has 1 fully saturated rings. The number of hydrogen-bond acceptors (Lipinski definition) is 2. The topological polar surface area (TPSA) is 46.3 Å². The van der Waals surface area contributed by atoms with E-state index in [-0.39, 0.29) is 17.9 Å². The number of rotatable bonds is 1. The molecule has 2 N–H and O–H groups in total. The molecule has 2 unspecified atom stereocenters. The molecule has 1 amide bonds. The lowest BCUT2D eigenvalue weighted by atomic mass is 9.95. The summed E-state index contributed by atoms with van der Waals surface area (Å²) in [5, 5.41) is 0. The van der Waals surface area contributed by atoms with Crippen molar-refractivity contribution in [1.29, 1.82) is 0 Å². The first-order valence-electron chi connectivity index (χ1n) is 5.05. The summed E-state index contributed by atoms with van der Waals surface area (Å²) in [6.45, 7) is 7.64. The highest BCUT2D eigenvalue weighted by Crippen LogP contribution is 2.16. The van der Waals surface area contributed by atoms with Crippen LogP contribution in [-0.2, 0) is 4.79 Å². The summed E-state index contributed by atoms with van der Waals surface area (Å²) in [4.78, 5) is 13.6. The van der Waals surface area contributed by atoms with Gasteiger partial charge in [-0.25, -0.2) is 0 Å². The molecule has 0 spiro atoms. The van der Waals surface area contributed by atoms with Crippen molar-refractivity contribution in [2.24, 2.45) is 17.6 Å². The first-order valence-corrected chi connectivity index (χ1v) is 5.05. The zero-order valence-electron chi connectivity index (χ0n) is 8.79. The molecule has 0 bridgehead atoms. The Morgan fingerprint density at radius 3 is 2.54 bits per heavy atom. The summed E-state index contributed by atoms with van der Waals surface area (Å²) >= 11 is 0. The molecule has 1 rings (SSSR count). The van der Waals surface area contributed by atoms with Gasteiger partial charge in [0.1, 0.15) is 0 Å². The molecular formula is C10H20N2O. The second-order valence-corrected chi connectivity index (χ2v) is 4.50. The smallest absolute Gasteiger partial charge is 0.225 e. The Hall–Kier alpha value is -0.570. The fourth-order valence-corrected chi connectivity index (χ4v) is 1.94. The molecule has 0 radical (unpaired) electrons. The Morgan fingerprint density at radius 2 is 2.08 bits per heavy atom. The summed E-state index contributed by atoms with van der Waals surface area (Å²) < 4.78 is 0. The van der Waals surface area contributed by atoms with E-state index in [1.807, 2.05) is 18.7 Å². The molecule has 1 saturated heterocycles. The van der Waals surface area contributed by atoms with Crippen molar-refractivity contribution < 1.29 is 4.79 Å². The van der Waals surface area contributed by atoms with E-state index >= 15 is 0 Å². The molecule has 0 aromatic carbocycles. The maximum absolute atomic E-state index is 11.7. The van der Waals surface area contributed by atoms with Crippen LogP contribution < -0.4 is 5.73 Å². The Labute approximate surface area is 80.3 Å². The van der Waals surface area contributed by atoms with Gasteiger partial charge in [0, 0.05) is 25.0 Å². The van der Waals surface area contributed by atoms with Crippen LogP contribution in [0.3, 0.4) is 0 Å². The molecule has 0 saturated carbocycles. The van der Waals surface area contributed by atoms with Crippen LogP contribution in [0.5, 0.6) is 0 Å². The van der Waals surface area contributed by atoms with Crippen molar-refractivity contribution in [1.82, 2.24) is 4.90 Å². The van der Waals surface area contributed by atoms with E-state index in [4.69, 9.17) is 5.73 Å². The molecule has 1 aliphatic heterocycles. The summed E-state index contributed by atoms with van der Waals surface area (Å²) in [6.07, 6.45) is 1.04. The van der Waals surface area contributed by atoms with Crippen LogP contribution in [0.15, 0.2) is 0 Å². The first kappa shape index (κ1) is 10.5. The molecule has 0 aromatic rings. The second kappa shape index (κ2) is 4.09. The third-order valence-electron chi connectivity index (χ3n) is 2.50. The van der Waals surface area contributed by atoms with Crippen LogP contribution in [0.4, 0.5) is 0 Å². The quantitative estimate of drug-likeness (QED) is 0.656. The van der Waals surface area contributed by atoms with Gasteiger partial charge in [-0.2, -0.15) is 0 Å². The van der Waals surface area contributed by atoms with E-state index in [1.54, 1.807) is 0 Å². The van der Waals surface area contributed by atoms with Crippen LogP contribution in [0.25, 0.3) is 0 Å². The van der Waals surface area contributed by atoms with Crippen LogP contribution >= 0.6 is 0 Å². The lowest BCUT2D eigenvalue weighted by Crippen LogP contribution is -2.49. The zero-order chi connectivity index (χ0) is 10.0. The summed E-state index contributed by atoms with van der Waals surface area (Å²) in [7, 11) is 0. The first-order chi connectivity index (χ1) is 6.00. The van der Waals surface area contributed by atoms with Crippen LogP contribution in [0, 0.1) is 11.8 Å². The molecule has 1 heterocycles. The van der Waals surface area contributed by atoms with Gasteiger partial charge in [0.2, 0.25) is 5.91 Å². The maximum atomic E-state index is 11.7. The molecule has 2 atom stereocenters. The third kappa shape index (κ3) is 2.69. The summed E-state index contributed by atoms with van der Waals surface area (Å²) in [6, 6.07) is 0.173. The van der Waals surface area contributed by atoms with Crippen LogP contribution in [-0.4, -0.2) is 29.9 Å². The van der Waals surface area contributed by atoms with Crippen molar-refractivity contribution >= 4 is 5.91 Å². The molecule has 3 heteroatoms. The fraction of sp³-hybridized carbons (Fsp3) is 0.900. The number of amides is 1. The van der Waals surface area contributed by atoms with Gasteiger partial charge >= 0.3 is 0 Å². The lowest BCUT2D eigenvalue weighted by Gasteiger charge is -2.35. The number of piperidine rings is 1. The van der Waals surface area contributed by atoms with Crippen molar-refractivity contribution in [3.8, 4) is 0 Å². The number of hydrogen-bond donors (Lipinski definition) is 1. The van der Waals surface area contributed by atoms with E-state index in [2.05, 4.69) is 6.92 Å². The Morgan fingerprint density at radius 1 is 1.46 bits per heavy atom. The van der Waals surface area contributed by atoms with E-state index < -0.39 is 0 Å². The standard InChI is InChI=1S/C10H20N2O/c1-7(2)10(13)12-5-8(3)4-9(11)6-12/h7-9H,4-6,11H2,1-3H3. The molecular weight excluding hydrogens is 164 g/mol. The minimum Gasteiger partial charge on any atom is -0.341 e. The minimum absolute atomic E-state index is 0.0949. The van der Waals surface area contributed by atoms with Gasteiger partial charge in [-0.15, -0.1) is 0 Å². The largest absolute Gasteiger partial charge is 0.341 e. The zero-order valence-corrected chi connectivity index (χ0v) is 8.79. The van der Waals surface area contributed by atoms with Gasteiger partial charge in [0.15, 0.2) is 0 Å². The SMILES string of the molecule is CC1CC(N)CN(C(=O)C(C)C)C1. The third-order valence-corrected chi connectivity index (χ3v) is 2.50. The fourth-order valence-electron chi connectivity index (χ4n) is 1.94. The normalized spacial score (nSPS) is 29.5. The van der Waals surface area contributed by atoms with Gasteiger partial charge < -0.3 is 10.6 Å². The predicted octanol–water partition coefficient (Wildman–Crippen LogP) is 0.838. The number of likely N-dealkylation sites (tertiary alicyclic amines) is 1. The summed E-state index contributed by atoms with van der Waals surface area (Å²) in [5.41, 5.74) is 5.86. The van der Waals surface area contributed by atoms with E-state index in [1.165, 1.54) is 0 Å². The number of carbonyl (C=O) groups is 1. The van der Waals surface area contributed by atoms with Crippen LogP contribution in [0.2, 0.25) is 0 Å². The lowest BCUT2D eigenvalue weighted by molar-refractivity contribution is -0.136. The predicted molar refractivity (Wildman–Crippen MR) is 53.2 cm³/mol. The van der Waals surface area contributed by atoms with Gasteiger partial charge in [-0.1, -0.05) is 20.8 Å². The molecule has 0 aromatic heterocycles. The van der Waals surface area contributed by atoms with E-state index in [0.29, 0.717) is 5.92 Å². The Bertz CT molecular complexity index is 181. The van der Waals surface area contributed by atoms with Gasteiger partial charge in [0.05, 0.1) is 0 Å². The van der Waals surface area contributed by atoms with Gasteiger partial charge in [-0.3, -0.25) is 4.79 Å². The van der Waals surface area contributed by atoms with Gasteiger partial charge in [-0.05, 0) is 12.3 Å². The van der Waals surface area contributed by atoms with Crippen molar-refractivity contribution in [3.63, 3.8) is 0 Å². The molecule has 1 aliphatic rings. The molecule has 0 aliphatic carbocycles. The average molecular weight is 184 g/mol.